The van der Waals surface area contributed by atoms with Crippen LogP contribution in [0.2, 0.25) is 0 Å². The average molecular weight is 178 g/mol. The topological polar surface area (TPSA) is 29.3 Å². The number of alkyl halides is 2. The molecule has 0 aliphatic carbocycles. The first-order chi connectivity index (χ1) is 5.52. The van der Waals surface area contributed by atoms with Crippen LogP contribution in [0.15, 0.2) is 12.7 Å². The molecule has 0 saturated carbocycles. The summed E-state index contributed by atoms with van der Waals surface area (Å²) in [5.74, 6) is -2.77. The van der Waals surface area contributed by atoms with Gasteiger partial charge in [0.2, 0.25) is 0 Å². The number of hydrogen-bond donors (Lipinski definition) is 1. The minimum atomic E-state index is -2.77. The lowest BCUT2D eigenvalue weighted by atomic mass is 10.3. The lowest BCUT2D eigenvalue weighted by Crippen LogP contribution is -2.40. The zero-order valence-electron chi connectivity index (χ0n) is 7.39. The van der Waals surface area contributed by atoms with Gasteiger partial charge in [0.1, 0.15) is 0 Å². The number of rotatable bonds is 6. The first-order valence-electron chi connectivity index (χ1n) is 3.89. The predicted octanol–water partition coefficient (Wildman–Crippen LogP) is 1.09. The predicted molar refractivity (Wildman–Crippen MR) is 46.3 cm³/mol. The Morgan fingerprint density at radius 1 is 1.58 bits per heavy atom. The van der Waals surface area contributed by atoms with Crippen molar-refractivity contribution in [3.05, 3.63) is 12.7 Å². The van der Waals surface area contributed by atoms with Gasteiger partial charge in [-0.15, -0.1) is 6.58 Å². The molecule has 0 radical (unpaired) electrons. The highest BCUT2D eigenvalue weighted by molar-refractivity contribution is 4.74. The Bertz CT molecular complexity index is 137. The molecule has 0 fully saturated rings. The second-order valence-electron chi connectivity index (χ2n) is 2.88. The van der Waals surface area contributed by atoms with Crippen molar-refractivity contribution in [1.29, 1.82) is 0 Å². The zero-order chi connectivity index (χ0) is 9.61. The fourth-order valence-corrected chi connectivity index (χ4v) is 0.850. The average Bonchev–Trinajstić information content (AvgIpc) is 2.00. The Kier molecular flexibility index (Phi) is 5.01. The van der Waals surface area contributed by atoms with Crippen molar-refractivity contribution in [2.45, 2.75) is 12.3 Å². The van der Waals surface area contributed by atoms with Crippen LogP contribution in [0, 0.1) is 0 Å². The van der Waals surface area contributed by atoms with Gasteiger partial charge in [0.15, 0.2) is 0 Å². The highest BCUT2D eigenvalue weighted by Crippen LogP contribution is 2.12. The molecule has 0 rings (SSSR count). The van der Waals surface area contributed by atoms with E-state index in [1.807, 2.05) is 0 Å². The number of halogens is 2. The Balaban J connectivity index is 3.67. The molecule has 0 aliphatic rings. The largest absolute Gasteiger partial charge is 0.325 e. The van der Waals surface area contributed by atoms with Gasteiger partial charge in [-0.05, 0) is 13.5 Å². The SMILES string of the molecule is C=CCCN(C)CC(F)(F)CN. The van der Waals surface area contributed by atoms with Gasteiger partial charge >= 0.3 is 0 Å². The van der Waals surface area contributed by atoms with Crippen molar-refractivity contribution >= 4 is 0 Å². The third-order valence-corrected chi connectivity index (χ3v) is 1.51. The van der Waals surface area contributed by atoms with E-state index in [4.69, 9.17) is 5.73 Å². The van der Waals surface area contributed by atoms with E-state index < -0.39 is 12.5 Å². The summed E-state index contributed by atoms with van der Waals surface area (Å²) in [6, 6.07) is 0. The van der Waals surface area contributed by atoms with Crippen LogP contribution in [0.4, 0.5) is 8.78 Å². The Morgan fingerprint density at radius 3 is 2.58 bits per heavy atom. The summed E-state index contributed by atoms with van der Waals surface area (Å²) in [4.78, 5) is 1.55. The van der Waals surface area contributed by atoms with Crippen LogP contribution in [0.25, 0.3) is 0 Å². The Morgan fingerprint density at radius 2 is 2.17 bits per heavy atom. The summed E-state index contributed by atoms with van der Waals surface area (Å²) < 4.78 is 25.3. The summed E-state index contributed by atoms with van der Waals surface area (Å²) in [5, 5.41) is 0. The molecule has 0 aromatic carbocycles. The summed E-state index contributed by atoms with van der Waals surface area (Å²) >= 11 is 0. The molecule has 0 spiro atoms. The quantitative estimate of drug-likeness (QED) is 0.617. The first-order valence-corrected chi connectivity index (χ1v) is 3.89. The van der Waals surface area contributed by atoms with Crippen molar-refractivity contribution in [2.24, 2.45) is 5.73 Å². The van der Waals surface area contributed by atoms with Crippen molar-refractivity contribution < 1.29 is 8.78 Å². The van der Waals surface area contributed by atoms with Crippen LogP contribution in [-0.4, -0.2) is 37.5 Å². The van der Waals surface area contributed by atoms with Crippen LogP contribution in [-0.2, 0) is 0 Å². The molecule has 0 aliphatic heterocycles. The van der Waals surface area contributed by atoms with E-state index >= 15 is 0 Å². The molecule has 0 aromatic rings. The second-order valence-corrected chi connectivity index (χ2v) is 2.88. The summed E-state index contributed by atoms with van der Waals surface area (Å²) in [7, 11) is 1.65. The van der Waals surface area contributed by atoms with Crippen LogP contribution in [0.3, 0.4) is 0 Å². The maximum absolute atomic E-state index is 12.6. The molecule has 0 aromatic heterocycles. The number of hydrogen-bond acceptors (Lipinski definition) is 2. The Labute approximate surface area is 72.0 Å². The maximum Gasteiger partial charge on any atom is 0.272 e. The molecule has 0 amide bonds. The van der Waals surface area contributed by atoms with Crippen LogP contribution < -0.4 is 5.73 Å². The van der Waals surface area contributed by atoms with Gasteiger partial charge < -0.3 is 10.6 Å². The molecule has 4 heteroatoms. The third-order valence-electron chi connectivity index (χ3n) is 1.51. The molecule has 2 nitrogen and oxygen atoms in total. The van der Waals surface area contributed by atoms with Crippen molar-refractivity contribution in [2.75, 3.05) is 26.7 Å². The van der Waals surface area contributed by atoms with Gasteiger partial charge in [-0.3, -0.25) is 0 Å². The summed E-state index contributed by atoms with van der Waals surface area (Å²) in [6.07, 6.45) is 2.42. The zero-order valence-corrected chi connectivity index (χ0v) is 7.39. The van der Waals surface area contributed by atoms with Crippen LogP contribution in [0.1, 0.15) is 6.42 Å². The van der Waals surface area contributed by atoms with Crippen molar-refractivity contribution in [3.63, 3.8) is 0 Å². The molecular formula is C8H16F2N2. The fraction of sp³-hybridized carbons (Fsp3) is 0.750. The van der Waals surface area contributed by atoms with Crippen LogP contribution >= 0.6 is 0 Å². The molecule has 0 bridgehead atoms. The Hall–Kier alpha value is -0.480. The number of nitrogens with zero attached hydrogens (tertiary/aromatic N) is 1. The third kappa shape index (κ3) is 5.21. The van der Waals surface area contributed by atoms with E-state index in [0.717, 1.165) is 6.42 Å². The highest BCUT2D eigenvalue weighted by atomic mass is 19.3. The van der Waals surface area contributed by atoms with E-state index in [0.29, 0.717) is 6.54 Å². The van der Waals surface area contributed by atoms with Gasteiger partial charge in [0.25, 0.3) is 5.92 Å². The normalized spacial score (nSPS) is 12.1. The summed E-state index contributed by atoms with van der Waals surface area (Å²) in [5.41, 5.74) is 4.89. The molecule has 0 atom stereocenters. The van der Waals surface area contributed by atoms with E-state index in [1.165, 1.54) is 0 Å². The number of nitrogens with two attached hydrogens (primary N) is 1. The van der Waals surface area contributed by atoms with Crippen molar-refractivity contribution in [3.8, 4) is 0 Å². The molecule has 0 heterocycles. The van der Waals surface area contributed by atoms with Crippen molar-refractivity contribution in [1.82, 2.24) is 4.90 Å². The van der Waals surface area contributed by atoms with Gasteiger partial charge in [-0.2, -0.15) is 0 Å². The van der Waals surface area contributed by atoms with E-state index in [9.17, 15) is 8.78 Å². The van der Waals surface area contributed by atoms with E-state index in [1.54, 1.807) is 18.0 Å². The minimum Gasteiger partial charge on any atom is -0.325 e. The smallest absolute Gasteiger partial charge is 0.272 e. The van der Waals surface area contributed by atoms with E-state index in [2.05, 4.69) is 6.58 Å². The maximum atomic E-state index is 12.6. The fourth-order valence-electron chi connectivity index (χ4n) is 0.850. The minimum absolute atomic E-state index is 0.280. The second kappa shape index (κ2) is 5.22. The molecule has 2 N–H and O–H groups in total. The summed E-state index contributed by atoms with van der Waals surface area (Å²) in [6.45, 7) is 3.23. The molecule has 0 saturated heterocycles. The van der Waals surface area contributed by atoms with Gasteiger partial charge in [-0.25, -0.2) is 8.78 Å². The van der Waals surface area contributed by atoms with Gasteiger partial charge in [0.05, 0.1) is 13.1 Å². The first kappa shape index (κ1) is 11.5. The molecule has 0 unspecified atom stereocenters. The standard InChI is InChI=1S/C8H16F2N2/c1-3-4-5-12(2)7-8(9,10)6-11/h3H,1,4-7,11H2,2H3. The lowest BCUT2D eigenvalue weighted by Gasteiger charge is -2.21. The highest BCUT2D eigenvalue weighted by Gasteiger charge is 2.27. The van der Waals surface area contributed by atoms with E-state index in [-0.39, 0.29) is 6.54 Å². The van der Waals surface area contributed by atoms with Gasteiger partial charge in [0, 0.05) is 6.54 Å². The molecule has 72 valence electrons. The lowest BCUT2D eigenvalue weighted by molar-refractivity contribution is -0.0170. The monoisotopic (exact) mass is 178 g/mol. The molecule has 12 heavy (non-hydrogen) atoms. The van der Waals surface area contributed by atoms with Crippen LogP contribution in [0.5, 0.6) is 0 Å². The van der Waals surface area contributed by atoms with Gasteiger partial charge in [-0.1, -0.05) is 6.08 Å². The molecular weight excluding hydrogens is 162 g/mol.